The summed E-state index contributed by atoms with van der Waals surface area (Å²) in [6, 6.07) is 8.17. The summed E-state index contributed by atoms with van der Waals surface area (Å²) in [5, 5.41) is 11.3. The van der Waals surface area contributed by atoms with Gasteiger partial charge in [-0.1, -0.05) is 43.4 Å². The summed E-state index contributed by atoms with van der Waals surface area (Å²) in [4.78, 5) is 29.0. The molecule has 6 nitrogen and oxygen atoms in total. The van der Waals surface area contributed by atoms with Crippen molar-refractivity contribution in [3.05, 3.63) is 59.3 Å². The SMILES string of the molecule is C=C1CC[C@H]2[C@@](C)(Cc3c([nH]c4ccccc34)[C@@]2(C)C(=O)OC)[C@@H]1C/C=C1/C(=O)OC[C@H]1O. The molecule has 1 saturated heterocycles. The summed E-state index contributed by atoms with van der Waals surface area (Å²) in [6.45, 7) is 8.67. The number of hydrogen-bond acceptors (Lipinski definition) is 5. The van der Waals surface area contributed by atoms with E-state index in [1.807, 2.05) is 31.2 Å². The summed E-state index contributed by atoms with van der Waals surface area (Å²) >= 11 is 0. The Bertz CT molecular complexity index is 1190. The molecule has 6 heteroatoms. The number of H-pyrrole nitrogens is 1. The lowest BCUT2D eigenvalue weighted by Gasteiger charge is -2.57. The second-order valence-electron chi connectivity index (χ2n) is 10.2. The van der Waals surface area contributed by atoms with Crippen LogP contribution in [0.5, 0.6) is 0 Å². The zero-order valence-electron chi connectivity index (χ0n) is 19.4. The first-order chi connectivity index (χ1) is 15.7. The molecule has 5 rings (SSSR count). The van der Waals surface area contributed by atoms with Crippen LogP contribution in [0.25, 0.3) is 10.9 Å². The Hall–Kier alpha value is -2.86. The third kappa shape index (κ3) is 3.03. The average molecular weight is 450 g/mol. The van der Waals surface area contributed by atoms with Gasteiger partial charge in [0.15, 0.2) is 0 Å². The molecule has 33 heavy (non-hydrogen) atoms. The van der Waals surface area contributed by atoms with Crippen LogP contribution >= 0.6 is 0 Å². The molecule has 2 fully saturated rings. The number of rotatable bonds is 3. The van der Waals surface area contributed by atoms with E-state index >= 15 is 0 Å². The van der Waals surface area contributed by atoms with Crippen LogP contribution in [0.3, 0.4) is 0 Å². The Balaban J connectivity index is 1.65. The topological polar surface area (TPSA) is 88.6 Å². The molecule has 0 radical (unpaired) electrons. The molecule has 3 aliphatic rings. The highest BCUT2D eigenvalue weighted by molar-refractivity contribution is 5.92. The molecule has 1 aromatic carbocycles. The third-order valence-electron chi connectivity index (χ3n) is 8.58. The molecular weight excluding hydrogens is 418 g/mol. The smallest absolute Gasteiger partial charge is 0.336 e. The van der Waals surface area contributed by atoms with Crippen molar-refractivity contribution in [2.75, 3.05) is 13.7 Å². The van der Waals surface area contributed by atoms with Crippen LogP contribution in [-0.2, 0) is 30.9 Å². The number of hydrogen-bond donors (Lipinski definition) is 2. The predicted octanol–water partition coefficient (Wildman–Crippen LogP) is 3.98. The fourth-order valence-corrected chi connectivity index (χ4v) is 6.94. The fraction of sp³-hybridized carbons (Fsp3) is 0.481. The maximum absolute atomic E-state index is 13.4. The van der Waals surface area contributed by atoms with E-state index < -0.39 is 17.5 Å². The highest BCUT2D eigenvalue weighted by Crippen LogP contribution is 2.61. The lowest BCUT2D eigenvalue weighted by atomic mass is 9.46. The van der Waals surface area contributed by atoms with Gasteiger partial charge in [-0.3, -0.25) is 4.79 Å². The number of methoxy groups -OCH3 is 1. The molecule has 0 amide bonds. The van der Waals surface area contributed by atoms with Gasteiger partial charge in [-0.15, -0.1) is 0 Å². The van der Waals surface area contributed by atoms with Gasteiger partial charge in [-0.25, -0.2) is 4.79 Å². The monoisotopic (exact) mass is 449 g/mol. The third-order valence-corrected chi connectivity index (χ3v) is 8.58. The van der Waals surface area contributed by atoms with Crippen molar-refractivity contribution in [3.8, 4) is 0 Å². The Morgan fingerprint density at radius 2 is 2.12 bits per heavy atom. The van der Waals surface area contributed by atoms with Crippen LogP contribution in [0, 0.1) is 17.3 Å². The molecule has 0 unspecified atom stereocenters. The Labute approximate surface area is 193 Å². The minimum Gasteiger partial charge on any atom is -0.468 e. The van der Waals surface area contributed by atoms with Crippen LogP contribution in [0.1, 0.15) is 44.4 Å². The summed E-state index contributed by atoms with van der Waals surface area (Å²) in [6.07, 6.45) is 3.96. The maximum atomic E-state index is 13.4. The van der Waals surface area contributed by atoms with Crippen LogP contribution in [0.2, 0.25) is 0 Å². The number of aromatic nitrogens is 1. The Kier molecular flexibility index (Phi) is 5.05. The van der Waals surface area contributed by atoms with Gasteiger partial charge in [0, 0.05) is 16.6 Å². The number of nitrogens with one attached hydrogen (secondary N) is 1. The number of esters is 2. The minimum absolute atomic E-state index is 0.00921. The molecule has 1 aromatic heterocycles. The van der Waals surface area contributed by atoms with Crippen molar-refractivity contribution in [1.82, 2.24) is 4.98 Å². The predicted molar refractivity (Wildman–Crippen MR) is 124 cm³/mol. The summed E-state index contributed by atoms with van der Waals surface area (Å²) in [7, 11) is 1.46. The number of aliphatic hydroxyl groups is 1. The molecular formula is C27H31NO5. The number of carbonyl (C=O) groups is 2. The standard InChI is InChI=1S/C27H31NO5/c1-15-9-12-22-26(2,19(15)11-10-17-21(29)14-33-24(17)30)13-18-16-7-5-6-8-20(16)28-23(18)27(22,3)25(31)32-4/h5-8,10,19,21-22,28-29H,1,9,11-14H2,2-4H3/b17-10+/t19-,21-,22+,26+,27+/m1/s1. The lowest BCUT2D eigenvalue weighted by Crippen LogP contribution is -2.57. The van der Waals surface area contributed by atoms with E-state index in [-0.39, 0.29) is 29.8 Å². The van der Waals surface area contributed by atoms with E-state index in [1.54, 1.807) is 0 Å². The van der Waals surface area contributed by atoms with Gasteiger partial charge < -0.3 is 19.6 Å². The van der Waals surface area contributed by atoms with Gasteiger partial charge in [0.05, 0.1) is 12.7 Å². The minimum atomic E-state index is -0.884. The first-order valence-electron chi connectivity index (χ1n) is 11.6. The number of cyclic esters (lactones) is 1. The van der Waals surface area contributed by atoms with Crippen LogP contribution in [0.15, 0.2) is 48.1 Å². The molecule has 2 N–H and O–H groups in total. The van der Waals surface area contributed by atoms with Crippen molar-refractivity contribution in [2.45, 2.75) is 51.0 Å². The van der Waals surface area contributed by atoms with E-state index in [1.165, 1.54) is 7.11 Å². The van der Waals surface area contributed by atoms with Gasteiger partial charge in [0.2, 0.25) is 0 Å². The van der Waals surface area contributed by atoms with Gasteiger partial charge in [0.1, 0.15) is 18.1 Å². The Morgan fingerprint density at radius 1 is 1.36 bits per heavy atom. The summed E-state index contributed by atoms with van der Waals surface area (Å²) < 4.78 is 10.4. The quantitative estimate of drug-likeness (QED) is 0.420. The number of fused-ring (bicyclic) bond motifs is 4. The maximum Gasteiger partial charge on any atom is 0.336 e. The molecule has 174 valence electrons. The van der Waals surface area contributed by atoms with Gasteiger partial charge in [0.25, 0.3) is 0 Å². The molecule has 1 saturated carbocycles. The number of carbonyl (C=O) groups excluding carboxylic acids is 2. The normalized spacial score (nSPS) is 34.8. The van der Waals surface area contributed by atoms with Gasteiger partial charge in [-0.05, 0) is 61.5 Å². The number of aromatic amines is 1. The second-order valence-corrected chi connectivity index (χ2v) is 10.2. The average Bonchev–Trinajstić information content (AvgIpc) is 3.32. The summed E-state index contributed by atoms with van der Waals surface area (Å²) in [5.41, 5.74) is 3.49. The zero-order valence-corrected chi connectivity index (χ0v) is 19.4. The molecule has 2 heterocycles. The van der Waals surface area contributed by atoms with E-state index in [4.69, 9.17) is 9.47 Å². The van der Waals surface area contributed by atoms with Crippen LogP contribution < -0.4 is 0 Å². The van der Waals surface area contributed by atoms with Crippen molar-refractivity contribution in [1.29, 1.82) is 0 Å². The number of para-hydroxylation sites is 1. The zero-order chi connectivity index (χ0) is 23.5. The number of benzene rings is 1. The first kappa shape index (κ1) is 22.0. The molecule has 0 bridgehead atoms. The van der Waals surface area contributed by atoms with E-state index in [9.17, 15) is 14.7 Å². The van der Waals surface area contributed by atoms with Gasteiger partial charge in [-0.2, -0.15) is 0 Å². The van der Waals surface area contributed by atoms with E-state index in [2.05, 4.69) is 24.6 Å². The molecule has 2 aliphatic carbocycles. The largest absolute Gasteiger partial charge is 0.468 e. The van der Waals surface area contributed by atoms with Crippen molar-refractivity contribution in [3.63, 3.8) is 0 Å². The van der Waals surface area contributed by atoms with E-state index in [0.29, 0.717) is 12.0 Å². The second kappa shape index (κ2) is 7.59. The van der Waals surface area contributed by atoms with Crippen molar-refractivity contribution < 1.29 is 24.2 Å². The molecule has 1 aliphatic heterocycles. The summed E-state index contributed by atoms with van der Waals surface area (Å²) in [5.74, 6) is -0.597. The number of ether oxygens (including phenoxy) is 2. The Morgan fingerprint density at radius 3 is 2.82 bits per heavy atom. The van der Waals surface area contributed by atoms with Crippen LogP contribution in [0.4, 0.5) is 0 Å². The van der Waals surface area contributed by atoms with Crippen molar-refractivity contribution >= 4 is 22.8 Å². The number of aliphatic hydroxyl groups excluding tert-OH is 1. The lowest BCUT2D eigenvalue weighted by molar-refractivity contribution is -0.155. The van der Waals surface area contributed by atoms with E-state index in [0.717, 1.165) is 47.0 Å². The van der Waals surface area contributed by atoms with Gasteiger partial charge >= 0.3 is 11.9 Å². The highest BCUT2D eigenvalue weighted by atomic mass is 16.6. The number of allylic oxidation sites excluding steroid dienone is 2. The van der Waals surface area contributed by atoms with Crippen LogP contribution in [-0.4, -0.2) is 41.8 Å². The molecule has 5 atom stereocenters. The molecule has 2 aromatic rings. The fourth-order valence-electron chi connectivity index (χ4n) is 6.94. The highest BCUT2D eigenvalue weighted by Gasteiger charge is 2.60. The van der Waals surface area contributed by atoms with Crippen molar-refractivity contribution in [2.24, 2.45) is 17.3 Å². The molecule has 0 spiro atoms. The first-order valence-corrected chi connectivity index (χ1v) is 11.6.